The topological polar surface area (TPSA) is 46.2 Å². The van der Waals surface area contributed by atoms with Gasteiger partial charge in [0.2, 0.25) is 0 Å². The molecule has 3 aliphatic rings. The molecule has 0 radical (unpaired) electrons. The number of hydrogen-bond acceptors (Lipinski definition) is 2. The van der Waals surface area contributed by atoms with Crippen LogP contribution < -0.4 is 5.73 Å². The molecule has 3 fully saturated rings. The van der Waals surface area contributed by atoms with Crippen LogP contribution in [0.5, 0.6) is 0 Å². The van der Waals surface area contributed by atoms with E-state index in [0.29, 0.717) is 35.2 Å². The standard InChI is InChI=1S/C20H35NO/c1-14-7-8-17-16(12-21)18(9-11-19(14,17)2)20(3)10-5-4-6-15(20)13-22/h15-18,22H,1,4-13,21H2,2-3H3/t15?,16-,17?,18?,19?,20?/m0/s1. The first-order chi connectivity index (χ1) is 10.5. The Morgan fingerprint density at radius 1 is 1.14 bits per heavy atom. The third-order valence-corrected chi connectivity index (χ3v) is 8.18. The Labute approximate surface area is 136 Å². The van der Waals surface area contributed by atoms with Gasteiger partial charge in [0.15, 0.2) is 0 Å². The van der Waals surface area contributed by atoms with Gasteiger partial charge in [0, 0.05) is 6.61 Å². The monoisotopic (exact) mass is 305 g/mol. The number of hydrogen-bond donors (Lipinski definition) is 2. The Morgan fingerprint density at radius 3 is 2.59 bits per heavy atom. The summed E-state index contributed by atoms with van der Waals surface area (Å²) in [5.41, 5.74) is 8.42. The van der Waals surface area contributed by atoms with Crippen molar-refractivity contribution in [2.75, 3.05) is 13.2 Å². The van der Waals surface area contributed by atoms with Gasteiger partial charge in [-0.25, -0.2) is 0 Å². The van der Waals surface area contributed by atoms with Crippen molar-refractivity contribution in [2.45, 2.75) is 65.2 Å². The molecule has 0 aromatic heterocycles. The van der Waals surface area contributed by atoms with Crippen LogP contribution in [0.1, 0.15) is 65.2 Å². The summed E-state index contributed by atoms with van der Waals surface area (Å²) in [6.45, 7) is 10.5. The van der Waals surface area contributed by atoms with Crippen LogP contribution >= 0.6 is 0 Å². The molecular formula is C20H35NO. The maximum absolute atomic E-state index is 9.95. The minimum Gasteiger partial charge on any atom is -0.396 e. The maximum Gasteiger partial charge on any atom is 0.0464 e. The molecule has 2 nitrogen and oxygen atoms in total. The lowest BCUT2D eigenvalue weighted by Gasteiger charge is -2.56. The predicted octanol–water partition coefficient (Wildman–Crippen LogP) is 4.13. The highest BCUT2D eigenvalue weighted by atomic mass is 16.3. The second-order valence-corrected chi connectivity index (χ2v) is 8.84. The summed E-state index contributed by atoms with van der Waals surface area (Å²) in [5.74, 6) is 2.52. The summed E-state index contributed by atoms with van der Waals surface area (Å²) >= 11 is 0. The van der Waals surface area contributed by atoms with Crippen molar-refractivity contribution < 1.29 is 5.11 Å². The number of rotatable bonds is 3. The minimum absolute atomic E-state index is 0.294. The Bertz CT molecular complexity index is 433. The Morgan fingerprint density at radius 2 is 1.91 bits per heavy atom. The van der Waals surface area contributed by atoms with Crippen LogP contribution in [0.3, 0.4) is 0 Å². The Kier molecular flexibility index (Phi) is 4.46. The molecular weight excluding hydrogens is 270 g/mol. The molecule has 3 N–H and O–H groups in total. The number of nitrogens with two attached hydrogens (primary N) is 1. The van der Waals surface area contributed by atoms with E-state index in [1.165, 1.54) is 56.9 Å². The zero-order valence-electron chi connectivity index (χ0n) is 14.6. The molecule has 0 spiro atoms. The molecule has 0 amide bonds. The second kappa shape index (κ2) is 5.94. The van der Waals surface area contributed by atoms with Gasteiger partial charge in [-0.3, -0.25) is 0 Å². The summed E-state index contributed by atoms with van der Waals surface area (Å²) in [6, 6.07) is 0. The molecule has 0 aliphatic heterocycles. The summed E-state index contributed by atoms with van der Waals surface area (Å²) < 4.78 is 0. The third kappa shape index (κ3) is 2.29. The van der Waals surface area contributed by atoms with Gasteiger partial charge in [-0.05, 0) is 79.6 Å². The number of aliphatic hydroxyl groups is 1. The predicted molar refractivity (Wildman–Crippen MR) is 92.4 cm³/mol. The van der Waals surface area contributed by atoms with Gasteiger partial charge >= 0.3 is 0 Å². The van der Waals surface area contributed by atoms with E-state index in [4.69, 9.17) is 5.73 Å². The van der Waals surface area contributed by atoms with Crippen LogP contribution in [-0.4, -0.2) is 18.3 Å². The van der Waals surface area contributed by atoms with E-state index in [0.717, 1.165) is 12.5 Å². The van der Waals surface area contributed by atoms with Crippen LogP contribution in [0.2, 0.25) is 0 Å². The maximum atomic E-state index is 9.95. The van der Waals surface area contributed by atoms with Crippen molar-refractivity contribution in [3.63, 3.8) is 0 Å². The molecule has 5 unspecified atom stereocenters. The van der Waals surface area contributed by atoms with E-state index in [-0.39, 0.29) is 0 Å². The van der Waals surface area contributed by atoms with Gasteiger partial charge < -0.3 is 10.8 Å². The van der Waals surface area contributed by atoms with Crippen molar-refractivity contribution in [1.82, 2.24) is 0 Å². The minimum atomic E-state index is 0.294. The normalized spacial score (nSPS) is 49.2. The average Bonchev–Trinajstić information content (AvgIpc) is 2.82. The van der Waals surface area contributed by atoms with Crippen LogP contribution in [0.25, 0.3) is 0 Å². The lowest BCUT2D eigenvalue weighted by molar-refractivity contribution is -0.0685. The average molecular weight is 306 g/mol. The molecule has 3 rings (SSSR count). The Balaban J connectivity index is 1.89. The van der Waals surface area contributed by atoms with E-state index < -0.39 is 0 Å². The summed E-state index contributed by atoms with van der Waals surface area (Å²) in [5, 5.41) is 9.95. The molecule has 0 saturated heterocycles. The third-order valence-electron chi connectivity index (χ3n) is 8.18. The fraction of sp³-hybridized carbons (Fsp3) is 0.900. The highest BCUT2D eigenvalue weighted by molar-refractivity contribution is 5.20. The molecule has 22 heavy (non-hydrogen) atoms. The summed E-state index contributed by atoms with van der Waals surface area (Å²) in [6.07, 6.45) is 10.2. The van der Waals surface area contributed by atoms with Crippen molar-refractivity contribution in [2.24, 2.45) is 40.2 Å². The highest BCUT2D eigenvalue weighted by Crippen LogP contribution is 2.63. The summed E-state index contributed by atoms with van der Waals surface area (Å²) in [4.78, 5) is 0. The molecule has 0 aromatic rings. The lowest BCUT2D eigenvalue weighted by Crippen LogP contribution is -2.51. The quantitative estimate of drug-likeness (QED) is 0.770. The van der Waals surface area contributed by atoms with Crippen LogP contribution in [-0.2, 0) is 0 Å². The molecule has 3 saturated carbocycles. The largest absolute Gasteiger partial charge is 0.396 e. The van der Waals surface area contributed by atoms with Gasteiger partial charge in [-0.1, -0.05) is 38.8 Å². The zero-order chi connectivity index (χ0) is 16.0. The Hall–Kier alpha value is -0.340. The van der Waals surface area contributed by atoms with Crippen LogP contribution in [0, 0.1) is 34.5 Å². The fourth-order valence-corrected chi connectivity index (χ4v) is 6.56. The number of allylic oxidation sites excluding steroid dienone is 1. The van der Waals surface area contributed by atoms with E-state index >= 15 is 0 Å². The summed E-state index contributed by atoms with van der Waals surface area (Å²) in [7, 11) is 0. The van der Waals surface area contributed by atoms with E-state index in [9.17, 15) is 5.11 Å². The zero-order valence-corrected chi connectivity index (χ0v) is 14.6. The van der Waals surface area contributed by atoms with E-state index in [2.05, 4.69) is 20.4 Å². The first-order valence-corrected chi connectivity index (χ1v) is 9.46. The molecule has 6 atom stereocenters. The van der Waals surface area contributed by atoms with Gasteiger partial charge in [0.05, 0.1) is 0 Å². The van der Waals surface area contributed by atoms with Gasteiger partial charge in [0.25, 0.3) is 0 Å². The number of fused-ring (bicyclic) bond motifs is 1. The highest BCUT2D eigenvalue weighted by Gasteiger charge is 2.55. The fourth-order valence-electron chi connectivity index (χ4n) is 6.56. The first kappa shape index (κ1) is 16.5. The first-order valence-electron chi connectivity index (χ1n) is 9.46. The van der Waals surface area contributed by atoms with Crippen molar-refractivity contribution in [3.8, 4) is 0 Å². The van der Waals surface area contributed by atoms with Crippen LogP contribution in [0.4, 0.5) is 0 Å². The molecule has 126 valence electrons. The van der Waals surface area contributed by atoms with E-state index in [1.54, 1.807) is 0 Å². The SMILES string of the molecule is C=C1CCC2[C@H](CN)C(C3(C)CCCCC3CO)CCC12C. The smallest absolute Gasteiger partial charge is 0.0464 e. The van der Waals surface area contributed by atoms with Crippen molar-refractivity contribution in [3.05, 3.63) is 12.2 Å². The van der Waals surface area contributed by atoms with Gasteiger partial charge in [-0.2, -0.15) is 0 Å². The molecule has 3 aliphatic carbocycles. The molecule has 0 aromatic carbocycles. The lowest BCUT2D eigenvalue weighted by atomic mass is 9.49. The second-order valence-electron chi connectivity index (χ2n) is 8.84. The molecule has 0 heterocycles. The van der Waals surface area contributed by atoms with E-state index in [1.807, 2.05) is 0 Å². The van der Waals surface area contributed by atoms with Gasteiger partial charge in [0.1, 0.15) is 0 Å². The van der Waals surface area contributed by atoms with Gasteiger partial charge in [-0.15, -0.1) is 0 Å². The molecule has 2 heteroatoms. The van der Waals surface area contributed by atoms with Crippen molar-refractivity contribution >= 4 is 0 Å². The molecule has 0 bridgehead atoms. The van der Waals surface area contributed by atoms with Crippen LogP contribution in [0.15, 0.2) is 12.2 Å². The number of aliphatic hydroxyl groups excluding tert-OH is 1. The van der Waals surface area contributed by atoms with Crippen molar-refractivity contribution in [1.29, 1.82) is 0 Å².